The molecule has 5 nitrogen and oxygen atoms in total. The van der Waals surface area contributed by atoms with E-state index in [1.807, 2.05) is 37.3 Å². The molecule has 3 aromatic rings. The van der Waals surface area contributed by atoms with Crippen molar-refractivity contribution in [1.82, 2.24) is 15.5 Å². The number of hydrogen-bond acceptors (Lipinski definition) is 4. The van der Waals surface area contributed by atoms with Gasteiger partial charge in [-0.25, -0.2) is 4.39 Å². The summed E-state index contributed by atoms with van der Waals surface area (Å²) in [4.78, 5) is 16.5. The smallest absolute Gasteiger partial charge is 0.254 e. The van der Waals surface area contributed by atoms with Crippen LogP contribution in [0.5, 0.6) is 0 Å². The average Bonchev–Trinajstić information content (AvgIpc) is 3.13. The summed E-state index contributed by atoms with van der Waals surface area (Å²) in [7, 11) is 0. The monoisotopic (exact) mass is 339 g/mol. The molecule has 0 radical (unpaired) electrons. The first-order valence-electron chi connectivity index (χ1n) is 7.98. The fraction of sp³-hybridized carbons (Fsp3) is 0.211. The summed E-state index contributed by atoms with van der Waals surface area (Å²) in [5, 5.41) is 6.67. The summed E-state index contributed by atoms with van der Waals surface area (Å²) in [5.41, 5.74) is 1.32. The molecule has 25 heavy (non-hydrogen) atoms. The normalized spacial score (nSPS) is 12.0. The predicted octanol–water partition coefficient (Wildman–Crippen LogP) is 3.72. The van der Waals surface area contributed by atoms with Gasteiger partial charge in [0.1, 0.15) is 5.82 Å². The van der Waals surface area contributed by atoms with Crippen molar-refractivity contribution < 1.29 is 13.7 Å². The molecular formula is C19H18FN3O2. The molecule has 0 saturated carbocycles. The van der Waals surface area contributed by atoms with Crippen LogP contribution in [0.1, 0.15) is 34.7 Å². The molecule has 0 aliphatic rings. The lowest BCUT2D eigenvalue weighted by molar-refractivity contribution is 0.0946. The van der Waals surface area contributed by atoms with Gasteiger partial charge < -0.3 is 9.84 Å². The van der Waals surface area contributed by atoms with Crippen LogP contribution in [0.2, 0.25) is 0 Å². The van der Waals surface area contributed by atoms with Crippen LogP contribution in [0, 0.1) is 12.7 Å². The lowest BCUT2D eigenvalue weighted by Crippen LogP contribution is -2.28. The fourth-order valence-corrected chi connectivity index (χ4v) is 2.39. The second-order valence-corrected chi connectivity index (χ2v) is 5.87. The second-order valence-electron chi connectivity index (χ2n) is 5.87. The Hall–Kier alpha value is -3.02. The highest BCUT2D eigenvalue weighted by atomic mass is 19.1. The molecule has 1 unspecified atom stereocenters. The van der Waals surface area contributed by atoms with Gasteiger partial charge in [0.25, 0.3) is 5.91 Å². The van der Waals surface area contributed by atoms with Gasteiger partial charge in [0.15, 0.2) is 0 Å². The maximum atomic E-state index is 14.0. The number of aryl methyl sites for hydroxylation is 1. The van der Waals surface area contributed by atoms with E-state index in [-0.39, 0.29) is 18.0 Å². The van der Waals surface area contributed by atoms with Crippen molar-refractivity contribution >= 4 is 5.91 Å². The molecule has 1 atom stereocenters. The first-order valence-corrected chi connectivity index (χ1v) is 7.98. The number of nitrogens with one attached hydrogen (secondary N) is 1. The Labute approximate surface area is 144 Å². The third kappa shape index (κ3) is 3.74. The molecule has 1 aromatic heterocycles. The minimum atomic E-state index is -0.503. The zero-order valence-corrected chi connectivity index (χ0v) is 14.0. The summed E-state index contributed by atoms with van der Waals surface area (Å²) in [6.07, 6.45) is 0. The van der Waals surface area contributed by atoms with E-state index >= 15 is 0 Å². The number of amides is 1. The summed E-state index contributed by atoms with van der Waals surface area (Å²) < 4.78 is 19.3. The molecule has 3 rings (SSSR count). The highest BCUT2D eigenvalue weighted by Gasteiger charge is 2.18. The molecule has 1 amide bonds. The molecule has 128 valence electrons. The quantitative estimate of drug-likeness (QED) is 0.769. The van der Waals surface area contributed by atoms with Crippen molar-refractivity contribution in [2.45, 2.75) is 19.8 Å². The van der Waals surface area contributed by atoms with Crippen LogP contribution in [-0.2, 0) is 0 Å². The maximum Gasteiger partial charge on any atom is 0.254 e. The molecule has 0 bridgehead atoms. The van der Waals surface area contributed by atoms with Gasteiger partial charge in [-0.1, -0.05) is 54.5 Å². The topological polar surface area (TPSA) is 68.0 Å². The summed E-state index contributed by atoms with van der Waals surface area (Å²) in [6, 6.07) is 14.2. The first kappa shape index (κ1) is 16.8. The summed E-state index contributed by atoms with van der Waals surface area (Å²) in [5.74, 6) is -0.239. The van der Waals surface area contributed by atoms with Gasteiger partial charge >= 0.3 is 0 Å². The highest BCUT2D eigenvalue weighted by molar-refractivity contribution is 5.94. The summed E-state index contributed by atoms with van der Waals surface area (Å²) in [6.45, 7) is 3.75. The average molecular weight is 339 g/mol. The molecule has 2 aromatic carbocycles. The first-order chi connectivity index (χ1) is 12.1. The maximum absolute atomic E-state index is 14.0. The number of nitrogens with zero attached hydrogens (tertiary/aromatic N) is 2. The SMILES string of the molecule is Cc1cccc(C(=O)NCC(C)c2nc(-c3ccccc3)no2)c1F. The lowest BCUT2D eigenvalue weighted by atomic mass is 10.1. The van der Waals surface area contributed by atoms with Crippen LogP contribution in [-0.4, -0.2) is 22.6 Å². The van der Waals surface area contributed by atoms with Crippen molar-refractivity contribution in [3.05, 3.63) is 71.4 Å². The molecule has 0 spiro atoms. The minimum Gasteiger partial charge on any atom is -0.351 e. The van der Waals surface area contributed by atoms with E-state index in [9.17, 15) is 9.18 Å². The Morgan fingerprint density at radius 1 is 1.20 bits per heavy atom. The van der Waals surface area contributed by atoms with Crippen LogP contribution in [0.3, 0.4) is 0 Å². The van der Waals surface area contributed by atoms with Crippen molar-refractivity contribution in [1.29, 1.82) is 0 Å². The molecule has 0 aliphatic carbocycles. The lowest BCUT2D eigenvalue weighted by Gasteiger charge is -2.10. The van der Waals surface area contributed by atoms with Gasteiger partial charge in [0, 0.05) is 12.1 Å². The van der Waals surface area contributed by atoms with Crippen LogP contribution < -0.4 is 5.32 Å². The van der Waals surface area contributed by atoms with E-state index < -0.39 is 11.7 Å². The Morgan fingerprint density at radius 3 is 2.72 bits per heavy atom. The van der Waals surface area contributed by atoms with Gasteiger partial charge in [0.2, 0.25) is 11.7 Å². The standard InChI is InChI=1S/C19H18FN3O2/c1-12-7-6-10-15(16(12)20)18(24)21-11-13(2)19-22-17(23-25-19)14-8-4-3-5-9-14/h3-10,13H,11H2,1-2H3,(H,21,24). The molecule has 0 fully saturated rings. The molecule has 0 aliphatic heterocycles. The molecule has 1 heterocycles. The summed E-state index contributed by atoms with van der Waals surface area (Å²) >= 11 is 0. The van der Waals surface area contributed by atoms with Crippen LogP contribution >= 0.6 is 0 Å². The van der Waals surface area contributed by atoms with Gasteiger partial charge in [-0.2, -0.15) is 4.98 Å². The Morgan fingerprint density at radius 2 is 1.96 bits per heavy atom. The molecule has 6 heteroatoms. The number of halogens is 1. The zero-order valence-electron chi connectivity index (χ0n) is 14.0. The van der Waals surface area contributed by atoms with E-state index in [2.05, 4.69) is 15.5 Å². The largest absolute Gasteiger partial charge is 0.351 e. The molecular weight excluding hydrogens is 321 g/mol. The van der Waals surface area contributed by atoms with Crippen molar-refractivity contribution in [3.8, 4) is 11.4 Å². The van der Waals surface area contributed by atoms with E-state index in [1.54, 1.807) is 19.1 Å². The van der Waals surface area contributed by atoms with Crippen molar-refractivity contribution in [2.75, 3.05) is 6.54 Å². The van der Waals surface area contributed by atoms with E-state index in [0.29, 0.717) is 17.3 Å². The number of hydrogen-bond donors (Lipinski definition) is 1. The van der Waals surface area contributed by atoms with E-state index in [0.717, 1.165) is 5.56 Å². The third-order valence-electron chi connectivity index (χ3n) is 3.90. The fourth-order valence-electron chi connectivity index (χ4n) is 2.39. The predicted molar refractivity (Wildman–Crippen MR) is 91.6 cm³/mol. The van der Waals surface area contributed by atoms with E-state index in [1.165, 1.54) is 6.07 Å². The van der Waals surface area contributed by atoms with Crippen LogP contribution in [0.25, 0.3) is 11.4 Å². The van der Waals surface area contributed by atoms with Gasteiger partial charge in [-0.15, -0.1) is 0 Å². The molecule has 1 N–H and O–H groups in total. The van der Waals surface area contributed by atoms with Crippen molar-refractivity contribution in [2.24, 2.45) is 0 Å². The van der Waals surface area contributed by atoms with Gasteiger partial charge in [0.05, 0.1) is 11.5 Å². The molecule has 0 saturated heterocycles. The van der Waals surface area contributed by atoms with Crippen molar-refractivity contribution in [3.63, 3.8) is 0 Å². The third-order valence-corrected chi connectivity index (χ3v) is 3.90. The minimum absolute atomic E-state index is 0.0303. The Kier molecular flexibility index (Phi) is 4.88. The van der Waals surface area contributed by atoms with Gasteiger partial charge in [-0.3, -0.25) is 4.79 Å². The van der Waals surface area contributed by atoms with Gasteiger partial charge in [-0.05, 0) is 18.6 Å². The Balaban J connectivity index is 1.65. The number of benzene rings is 2. The number of aromatic nitrogens is 2. The second kappa shape index (κ2) is 7.25. The number of carbonyl (C=O) groups is 1. The number of carbonyl (C=O) groups excluding carboxylic acids is 1. The van der Waals surface area contributed by atoms with Crippen LogP contribution in [0.15, 0.2) is 53.1 Å². The Bertz CT molecular complexity index is 877. The van der Waals surface area contributed by atoms with Crippen LogP contribution in [0.4, 0.5) is 4.39 Å². The van der Waals surface area contributed by atoms with E-state index in [4.69, 9.17) is 4.52 Å². The number of rotatable bonds is 5. The zero-order chi connectivity index (χ0) is 17.8. The highest BCUT2D eigenvalue weighted by Crippen LogP contribution is 2.19.